The molecule has 0 radical (unpaired) electrons. The molecule has 3 aromatic rings. The van der Waals surface area contributed by atoms with Crippen LogP contribution in [0.1, 0.15) is 16.1 Å². The maximum atomic E-state index is 12.1. The molecule has 1 amide bonds. The molecule has 2 aromatic heterocycles. The Labute approximate surface area is 102 Å². The zero-order valence-electron chi connectivity index (χ0n) is 9.69. The lowest BCUT2D eigenvalue weighted by molar-refractivity contribution is 0.102. The number of fused-ring (bicyclic) bond motifs is 1. The van der Waals surface area contributed by atoms with Crippen molar-refractivity contribution in [3.05, 3.63) is 41.9 Å². The quantitative estimate of drug-likeness (QED) is 0.639. The number of nitrogens with one attached hydrogen (secondary N) is 3. The van der Waals surface area contributed by atoms with E-state index in [1.165, 1.54) is 6.20 Å². The number of aromatic nitrogens is 4. The Bertz CT molecular complexity index is 712. The molecule has 0 aliphatic carbocycles. The fourth-order valence-corrected chi connectivity index (χ4v) is 1.84. The van der Waals surface area contributed by atoms with Crippen LogP contribution in [-0.4, -0.2) is 26.3 Å². The monoisotopic (exact) mass is 241 g/mol. The second-order valence-electron chi connectivity index (χ2n) is 4.00. The van der Waals surface area contributed by atoms with Crippen LogP contribution in [0.15, 0.2) is 30.6 Å². The van der Waals surface area contributed by atoms with Gasteiger partial charge in [0.15, 0.2) is 0 Å². The van der Waals surface area contributed by atoms with Gasteiger partial charge in [0.05, 0.1) is 29.2 Å². The number of para-hydroxylation sites is 1. The van der Waals surface area contributed by atoms with E-state index in [0.717, 1.165) is 16.6 Å². The van der Waals surface area contributed by atoms with Gasteiger partial charge in [-0.05, 0) is 13.0 Å². The Kier molecular flexibility index (Phi) is 2.33. The highest BCUT2D eigenvalue weighted by Crippen LogP contribution is 2.21. The molecule has 0 aliphatic heterocycles. The normalized spacial score (nSPS) is 10.7. The second-order valence-corrected chi connectivity index (χ2v) is 4.00. The molecular formula is C12H11N5O. The average Bonchev–Trinajstić information content (AvgIpc) is 2.97. The van der Waals surface area contributed by atoms with Crippen LogP contribution >= 0.6 is 0 Å². The minimum atomic E-state index is -0.191. The number of rotatable bonds is 2. The van der Waals surface area contributed by atoms with Crippen molar-refractivity contribution in [3.63, 3.8) is 0 Å². The van der Waals surface area contributed by atoms with Crippen LogP contribution in [0.4, 0.5) is 5.69 Å². The number of carbonyl (C=O) groups is 1. The van der Waals surface area contributed by atoms with E-state index in [0.29, 0.717) is 11.3 Å². The van der Waals surface area contributed by atoms with Crippen molar-refractivity contribution < 1.29 is 4.79 Å². The van der Waals surface area contributed by atoms with Crippen molar-refractivity contribution in [1.29, 1.82) is 0 Å². The topological polar surface area (TPSA) is 86.5 Å². The number of aryl methyl sites for hydroxylation is 1. The molecule has 0 fully saturated rings. The molecule has 0 atom stereocenters. The summed E-state index contributed by atoms with van der Waals surface area (Å²) in [6.45, 7) is 1.80. The van der Waals surface area contributed by atoms with Crippen molar-refractivity contribution >= 4 is 22.5 Å². The van der Waals surface area contributed by atoms with Gasteiger partial charge in [-0.15, -0.1) is 0 Å². The summed E-state index contributed by atoms with van der Waals surface area (Å²) in [5.41, 5.74) is 2.79. The second kappa shape index (κ2) is 3.99. The third-order valence-electron chi connectivity index (χ3n) is 2.80. The van der Waals surface area contributed by atoms with Gasteiger partial charge in [0.1, 0.15) is 0 Å². The molecule has 6 heteroatoms. The van der Waals surface area contributed by atoms with Gasteiger partial charge in [0.2, 0.25) is 0 Å². The summed E-state index contributed by atoms with van der Waals surface area (Å²) in [5.74, 6) is -0.191. The van der Waals surface area contributed by atoms with Crippen LogP contribution < -0.4 is 5.32 Å². The largest absolute Gasteiger partial charge is 0.320 e. The van der Waals surface area contributed by atoms with Crippen LogP contribution in [0, 0.1) is 6.92 Å². The van der Waals surface area contributed by atoms with E-state index in [4.69, 9.17) is 0 Å². The van der Waals surface area contributed by atoms with E-state index in [2.05, 4.69) is 25.7 Å². The molecule has 0 spiro atoms. The van der Waals surface area contributed by atoms with Crippen molar-refractivity contribution in [1.82, 2.24) is 20.4 Å². The van der Waals surface area contributed by atoms with E-state index in [1.54, 1.807) is 13.1 Å². The maximum absolute atomic E-state index is 12.1. The van der Waals surface area contributed by atoms with E-state index >= 15 is 0 Å². The lowest BCUT2D eigenvalue weighted by Crippen LogP contribution is -2.12. The first-order chi connectivity index (χ1) is 8.75. The lowest BCUT2D eigenvalue weighted by atomic mass is 10.2. The molecular weight excluding hydrogens is 230 g/mol. The fourth-order valence-electron chi connectivity index (χ4n) is 1.84. The highest BCUT2D eigenvalue weighted by molar-refractivity contribution is 6.08. The Morgan fingerprint density at radius 2 is 2.06 bits per heavy atom. The van der Waals surface area contributed by atoms with Crippen molar-refractivity contribution in [2.24, 2.45) is 0 Å². The van der Waals surface area contributed by atoms with Gasteiger partial charge in [-0.2, -0.15) is 10.2 Å². The standard InChI is InChI=1S/C12H11N5O/c1-7-9(6-14-16-7)12(18)15-10-4-2-3-8-5-13-17-11(8)10/h2-6H,1H3,(H,13,17)(H,14,16)(H,15,18). The van der Waals surface area contributed by atoms with E-state index in [9.17, 15) is 4.79 Å². The van der Waals surface area contributed by atoms with Crippen molar-refractivity contribution in [2.45, 2.75) is 6.92 Å². The summed E-state index contributed by atoms with van der Waals surface area (Å²) >= 11 is 0. The number of hydrogen-bond acceptors (Lipinski definition) is 3. The fraction of sp³-hybridized carbons (Fsp3) is 0.0833. The predicted octanol–water partition coefficient (Wildman–Crippen LogP) is 1.85. The Hall–Kier alpha value is -2.63. The molecule has 3 rings (SSSR count). The summed E-state index contributed by atoms with van der Waals surface area (Å²) in [7, 11) is 0. The van der Waals surface area contributed by atoms with Gasteiger partial charge in [0.25, 0.3) is 5.91 Å². The molecule has 2 heterocycles. The molecule has 0 saturated heterocycles. The third kappa shape index (κ3) is 1.64. The number of H-pyrrole nitrogens is 2. The zero-order chi connectivity index (χ0) is 12.5. The van der Waals surface area contributed by atoms with Crippen LogP contribution in [0.5, 0.6) is 0 Å². The molecule has 18 heavy (non-hydrogen) atoms. The van der Waals surface area contributed by atoms with Gasteiger partial charge in [-0.25, -0.2) is 0 Å². The van der Waals surface area contributed by atoms with Gasteiger partial charge in [-0.3, -0.25) is 15.0 Å². The number of amides is 1. The highest BCUT2D eigenvalue weighted by atomic mass is 16.1. The van der Waals surface area contributed by atoms with Crippen LogP contribution in [0.2, 0.25) is 0 Å². The number of carbonyl (C=O) groups excluding carboxylic acids is 1. The van der Waals surface area contributed by atoms with E-state index in [1.807, 2.05) is 18.2 Å². The zero-order valence-corrected chi connectivity index (χ0v) is 9.69. The average molecular weight is 241 g/mol. The van der Waals surface area contributed by atoms with Crippen LogP contribution in [0.3, 0.4) is 0 Å². The summed E-state index contributed by atoms with van der Waals surface area (Å²) < 4.78 is 0. The van der Waals surface area contributed by atoms with E-state index < -0.39 is 0 Å². The Balaban J connectivity index is 1.95. The number of hydrogen-bond donors (Lipinski definition) is 3. The SMILES string of the molecule is Cc1[nH]ncc1C(=O)Nc1cccc2cn[nH]c12. The third-order valence-corrected chi connectivity index (χ3v) is 2.80. The van der Waals surface area contributed by atoms with Gasteiger partial charge >= 0.3 is 0 Å². The molecule has 0 aliphatic rings. The molecule has 0 unspecified atom stereocenters. The van der Waals surface area contributed by atoms with E-state index in [-0.39, 0.29) is 5.91 Å². The molecule has 3 N–H and O–H groups in total. The van der Waals surface area contributed by atoms with Crippen LogP contribution in [0.25, 0.3) is 10.9 Å². The first-order valence-electron chi connectivity index (χ1n) is 5.49. The Morgan fingerprint density at radius 3 is 2.83 bits per heavy atom. The number of benzene rings is 1. The first-order valence-corrected chi connectivity index (χ1v) is 5.49. The van der Waals surface area contributed by atoms with Crippen LogP contribution in [-0.2, 0) is 0 Å². The van der Waals surface area contributed by atoms with Crippen molar-refractivity contribution in [3.8, 4) is 0 Å². The number of nitrogens with zero attached hydrogens (tertiary/aromatic N) is 2. The summed E-state index contributed by atoms with van der Waals surface area (Å²) in [5, 5.41) is 17.2. The minimum absolute atomic E-state index is 0.191. The summed E-state index contributed by atoms with van der Waals surface area (Å²) in [6.07, 6.45) is 3.23. The Morgan fingerprint density at radius 1 is 1.22 bits per heavy atom. The highest BCUT2D eigenvalue weighted by Gasteiger charge is 2.12. The molecule has 0 bridgehead atoms. The summed E-state index contributed by atoms with van der Waals surface area (Å²) in [6, 6.07) is 5.63. The summed E-state index contributed by atoms with van der Waals surface area (Å²) in [4.78, 5) is 12.1. The van der Waals surface area contributed by atoms with Gasteiger partial charge in [0, 0.05) is 11.1 Å². The number of anilines is 1. The molecule has 1 aromatic carbocycles. The lowest BCUT2D eigenvalue weighted by Gasteiger charge is -2.05. The van der Waals surface area contributed by atoms with Gasteiger partial charge < -0.3 is 5.32 Å². The minimum Gasteiger partial charge on any atom is -0.320 e. The first kappa shape index (κ1) is 10.5. The predicted molar refractivity (Wildman–Crippen MR) is 67.4 cm³/mol. The smallest absolute Gasteiger partial charge is 0.259 e. The number of aromatic amines is 2. The molecule has 90 valence electrons. The molecule has 0 saturated carbocycles. The molecule has 6 nitrogen and oxygen atoms in total. The maximum Gasteiger partial charge on any atom is 0.259 e. The van der Waals surface area contributed by atoms with Crippen molar-refractivity contribution in [2.75, 3.05) is 5.32 Å². The van der Waals surface area contributed by atoms with Gasteiger partial charge in [-0.1, -0.05) is 12.1 Å².